The molecular weight excluding hydrogens is 530 g/mol. The van der Waals surface area contributed by atoms with E-state index < -0.39 is 24.6 Å². The van der Waals surface area contributed by atoms with E-state index in [4.69, 9.17) is 21.1 Å². The Hall–Kier alpha value is -2.86. The fourth-order valence-electron chi connectivity index (χ4n) is 4.77. The summed E-state index contributed by atoms with van der Waals surface area (Å²) in [5.41, 5.74) is 8.68. The number of aliphatic hydroxyl groups excluding tert-OH is 2. The number of ether oxygens (including phenoxy) is 2. The van der Waals surface area contributed by atoms with Gasteiger partial charge in [-0.1, -0.05) is 18.2 Å². The molecule has 0 spiro atoms. The molecule has 2 aromatic rings. The summed E-state index contributed by atoms with van der Waals surface area (Å²) in [4.78, 5) is 5.25. The van der Waals surface area contributed by atoms with Gasteiger partial charge in [0, 0.05) is 63.8 Å². The van der Waals surface area contributed by atoms with Crippen molar-refractivity contribution in [2.24, 2.45) is 11.6 Å². The number of nitrogens with zero attached hydrogens (tertiary/aromatic N) is 4. The molecule has 2 aliphatic heterocycles. The molecule has 2 aliphatic rings. The van der Waals surface area contributed by atoms with Gasteiger partial charge in [0.15, 0.2) is 6.29 Å². The van der Waals surface area contributed by atoms with Crippen molar-refractivity contribution in [3.05, 3.63) is 58.8 Å². The quantitative estimate of drug-likeness (QED) is 0.121. The molecule has 11 nitrogen and oxygen atoms in total. The number of anilines is 1. The summed E-state index contributed by atoms with van der Waals surface area (Å²) in [7, 11) is 3.63. The van der Waals surface area contributed by atoms with E-state index in [9.17, 15) is 15.5 Å². The summed E-state index contributed by atoms with van der Waals surface area (Å²) in [5, 5.41) is 33.4. The van der Waals surface area contributed by atoms with Crippen LogP contribution < -0.4 is 21.2 Å². The lowest BCUT2D eigenvalue weighted by molar-refractivity contribution is -0.244. The van der Waals surface area contributed by atoms with Gasteiger partial charge in [0.25, 0.3) is 0 Å². The van der Waals surface area contributed by atoms with Crippen LogP contribution in [0.4, 0.5) is 5.69 Å². The largest absolute Gasteiger partial charge is 0.400 e. The summed E-state index contributed by atoms with van der Waals surface area (Å²) >= 11 is 1.18. The van der Waals surface area contributed by atoms with Crippen LogP contribution in [-0.2, 0) is 9.47 Å². The average Bonchev–Trinajstić information content (AvgIpc) is 2.94. The van der Waals surface area contributed by atoms with Crippen LogP contribution in [-0.4, -0.2) is 98.1 Å². The minimum absolute atomic E-state index is 0.105. The van der Waals surface area contributed by atoms with E-state index in [2.05, 4.69) is 58.0 Å². The smallest absolute Gasteiger partial charge is 0.160 e. The Bertz CT molecular complexity index is 1240. The number of hydrazine groups is 1. The fourth-order valence-corrected chi connectivity index (χ4v) is 5.41. The van der Waals surface area contributed by atoms with E-state index >= 15 is 0 Å². The number of methoxy groups -OCH3 is 1. The summed E-state index contributed by atoms with van der Waals surface area (Å²) in [6.07, 6.45) is 0.132. The second kappa shape index (κ2) is 14.2. The number of nitrogens with two attached hydrogens (primary N) is 2. The number of hydrogen-bond acceptors (Lipinski definition) is 12. The van der Waals surface area contributed by atoms with Crippen LogP contribution in [0.15, 0.2) is 53.2 Å². The van der Waals surface area contributed by atoms with Gasteiger partial charge in [-0.3, -0.25) is 4.72 Å². The molecule has 2 fully saturated rings. The first-order chi connectivity index (χ1) is 19.2. The van der Waals surface area contributed by atoms with E-state index in [1.165, 1.54) is 41.3 Å². The monoisotopic (exact) mass is 569 g/mol. The number of hydrogen-bond donors (Lipinski definition) is 5. The first-order valence-electron chi connectivity index (χ1n) is 13.3. The Morgan fingerprint density at radius 1 is 1.23 bits per heavy atom. The van der Waals surface area contributed by atoms with Crippen molar-refractivity contribution >= 4 is 34.5 Å². The van der Waals surface area contributed by atoms with Crippen molar-refractivity contribution in [2.45, 2.75) is 31.0 Å². The molecule has 7 N–H and O–H groups in total. The fraction of sp³-hybridized carbons (Fsp3) is 0.464. The Labute approximate surface area is 239 Å². The first-order valence-corrected chi connectivity index (χ1v) is 14.1. The standard InChI is InChI=1S/C28H39N7O4S/c1-33-7-9-34(10-8-33)23-6-5-20-11-19(3-4-21(20)13-23)12-24(15-29)40-32-16-22(30)17-35(31)18-26-28(37)25(36)14-27(38-2)39-26/h3-6,11-13,17,25-28,32,36-37H,7-10,14,16,18,30-31H2,1-2H3/b22-17-,24-12+/t25?,26?,27-,28-/m0/s1. The molecule has 0 bridgehead atoms. The van der Waals surface area contributed by atoms with E-state index in [1.54, 1.807) is 0 Å². The second-order valence-electron chi connectivity index (χ2n) is 10.2. The van der Waals surface area contributed by atoms with Crippen LogP contribution in [0, 0.1) is 11.3 Å². The third-order valence-corrected chi connectivity index (χ3v) is 7.82. The molecule has 2 aromatic carbocycles. The van der Waals surface area contributed by atoms with Gasteiger partial charge < -0.3 is 40.2 Å². The highest BCUT2D eigenvalue weighted by Crippen LogP contribution is 2.26. The maximum absolute atomic E-state index is 10.2. The topological polar surface area (TPSA) is 156 Å². The van der Waals surface area contributed by atoms with E-state index in [1.807, 2.05) is 12.1 Å². The van der Waals surface area contributed by atoms with Gasteiger partial charge in [0.2, 0.25) is 0 Å². The molecule has 4 atom stereocenters. The molecule has 0 aliphatic carbocycles. The molecule has 2 saturated heterocycles. The summed E-state index contributed by atoms with van der Waals surface area (Å²) in [6.45, 7) is 4.55. The Balaban J connectivity index is 1.30. The lowest BCUT2D eigenvalue weighted by Crippen LogP contribution is -2.53. The normalized spacial score (nSPS) is 24.8. The van der Waals surface area contributed by atoms with Gasteiger partial charge in [0.1, 0.15) is 23.2 Å². The zero-order chi connectivity index (χ0) is 28.6. The molecule has 0 aromatic heterocycles. The van der Waals surface area contributed by atoms with Crippen molar-refractivity contribution in [1.82, 2.24) is 14.6 Å². The number of nitriles is 1. The molecule has 0 radical (unpaired) electrons. The molecule has 2 heterocycles. The van der Waals surface area contributed by atoms with Gasteiger partial charge in [-0.2, -0.15) is 5.26 Å². The van der Waals surface area contributed by atoms with Crippen LogP contribution in [0.25, 0.3) is 16.8 Å². The lowest BCUT2D eigenvalue weighted by Gasteiger charge is -2.37. The molecule has 12 heteroatoms. The first kappa shape index (κ1) is 30.1. The SMILES string of the molecule is CO[C@@H]1CC(O)[C@H](O)C(CN(N)/C=C(\N)CNS/C(C#N)=C/c2ccc3cc(N4CCN(C)CC4)ccc3c2)O1. The number of aliphatic hydroxyl groups is 2. The molecule has 0 amide bonds. The average molecular weight is 570 g/mol. The van der Waals surface area contributed by atoms with Gasteiger partial charge in [0.05, 0.1) is 12.6 Å². The minimum atomic E-state index is -1.09. The van der Waals surface area contributed by atoms with E-state index in [-0.39, 0.29) is 19.5 Å². The maximum Gasteiger partial charge on any atom is 0.160 e. The Morgan fingerprint density at radius 3 is 2.67 bits per heavy atom. The summed E-state index contributed by atoms with van der Waals surface area (Å²) in [6, 6.07) is 14.9. The van der Waals surface area contributed by atoms with Gasteiger partial charge >= 0.3 is 0 Å². The van der Waals surface area contributed by atoms with Gasteiger partial charge in [-0.05, 0) is 59.6 Å². The third kappa shape index (κ3) is 8.09. The van der Waals surface area contributed by atoms with Crippen LogP contribution in [0.1, 0.15) is 12.0 Å². The highest BCUT2D eigenvalue weighted by Gasteiger charge is 2.37. The predicted octanol–water partition coefficient (Wildman–Crippen LogP) is 1.15. The maximum atomic E-state index is 10.2. The van der Waals surface area contributed by atoms with Crippen molar-refractivity contribution in [3.8, 4) is 6.07 Å². The van der Waals surface area contributed by atoms with Gasteiger partial charge in [-0.15, -0.1) is 0 Å². The lowest BCUT2D eigenvalue weighted by atomic mass is 10.0. The van der Waals surface area contributed by atoms with Crippen LogP contribution >= 0.6 is 11.9 Å². The zero-order valence-electron chi connectivity index (χ0n) is 22.9. The van der Waals surface area contributed by atoms with Crippen LogP contribution in [0.3, 0.4) is 0 Å². The third-order valence-electron chi connectivity index (χ3n) is 7.10. The van der Waals surface area contributed by atoms with E-state index in [0.29, 0.717) is 10.6 Å². The van der Waals surface area contributed by atoms with Crippen molar-refractivity contribution in [3.63, 3.8) is 0 Å². The second-order valence-corrected chi connectivity index (χ2v) is 11.1. The van der Waals surface area contributed by atoms with Gasteiger partial charge in [-0.25, -0.2) is 5.84 Å². The Morgan fingerprint density at radius 2 is 1.95 bits per heavy atom. The molecule has 0 saturated carbocycles. The minimum Gasteiger partial charge on any atom is -0.400 e. The van der Waals surface area contributed by atoms with Crippen molar-refractivity contribution in [1.29, 1.82) is 5.26 Å². The highest BCUT2D eigenvalue weighted by molar-refractivity contribution is 8.01. The number of allylic oxidation sites excluding steroid dienone is 1. The molecule has 216 valence electrons. The molecule has 40 heavy (non-hydrogen) atoms. The van der Waals surface area contributed by atoms with Crippen LogP contribution in [0.5, 0.6) is 0 Å². The molecule has 4 rings (SSSR count). The number of rotatable bonds is 10. The number of likely N-dealkylation sites (N-methyl/N-ethyl adjacent to an activating group) is 1. The highest BCUT2D eigenvalue weighted by atomic mass is 32.2. The molecular formula is C28H39N7O4S. The number of nitrogens with one attached hydrogen (secondary N) is 1. The summed E-state index contributed by atoms with van der Waals surface area (Å²) < 4.78 is 13.9. The summed E-state index contributed by atoms with van der Waals surface area (Å²) in [5.74, 6) is 6.02. The van der Waals surface area contributed by atoms with Crippen molar-refractivity contribution in [2.75, 3.05) is 58.3 Å². The van der Waals surface area contributed by atoms with E-state index in [0.717, 1.165) is 37.1 Å². The zero-order valence-corrected chi connectivity index (χ0v) is 23.8. The number of fused-ring (bicyclic) bond motifs is 1. The number of benzene rings is 2. The number of piperazine rings is 1. The van der Waals surface area contributed by atoms with Crippen LogP contribution in [0.2, 0.25) is 0 Å². The predicted molar refractivity (Wildman–Crippen MR) is 158 cm³/mol. The Kier molecular flexibility index (Phi) is 10.7. The van der Waals surface area contributed by atoms with Crippen molar-refractivity contribution < 1.29 is 19.7 Å². The molecule has 2 unspecified atom stereocenters.